The van der Waals surface area contributed by atoms with Crippen molar-refractivity contribution in [1.82, 2.24) is 0 Å². The summed E-state index contributed by atoms with van der Waals surface area (Å²) in [4.78, 5) is 22.3. The summed E-state index contributed by atoms with van der Waals surface area (Å²) in [6, 6.07) is 13.2. The lowest BCUT2D eigenvalue weighted by atomic mass is 10.1. The highest BCUT2D eigenvalue weighted by molar-refractivity contribution is 5.97. The third-order valence-corrected chi connectivity index (χ3v) is 2.77. The van der Waals surface area contributed by atoms with E-state index in [9.17, 15) is 14.9 Å². The van der Waals surface area contributed by atoms with Crippen LogP contribution in [0.1, 0.15) is 15.9 Å². The molecule has 2 aromatic rings. The van der Waals surface area contributed by atoms with Gasteiger partial charge in [-0.1, -0.05) is 36.4 Å². The zero-order chi connectivity index (χ0) is 14.5. The van der Waals surface area contributed by atoms with Crippen molar-refractivity contribution in [3.8, 4) is 5.75 Å². The summed E-state index contributed by atoms with van der Waals surface area (Å²) in [6.07, 6.45) is 0. The van der Waals surface area contributed by atoms with Crippen LogP contribution in [0.2, 0.25) is 0 Å². The van der Waals surface area contributed by atoms with Crippen molar-refractivity contribution < 1.29 is 14.5 Å². The van der Waals surface area contributed by atoms with Crippen LogP contribution in [0, 0.1) is 17.0 Å². The van der Waals surface area contributed by atoms with Crippen LogP contribution < -0.4 is 4.74 Å². The number of ketones is 1. The van der Waals surface area contributed by atoms with E-state index in [-0.39, 0.29) is 23.8 Å². The number of nitro groups is 1. The summed E-state index contributed by atoms with van der Waals surface area (Å²) in [7, 11) is 0. The number of carbonyl (C=O) groups excluding carboxylic acids is 1. The molecule has 0 aliphatic carbocycles. The van der Waals surface area contributed by atoms with E-state index in [4.69, 9.17) is 4.74 Å². The van der Waals surface area contributed by atoms with Crippen molar-refractivity contribution in [3.05, 3.63) is 69.8 Å². The van der Waals surface area contributed by atoms with E-state index in [1.54, 1.807) is 43.3 Å². The van der Waals surface area contributed by atoms with Gasteiger partial charge in [-0.15, -0.1) is 0 Å². The quantitative estimate of drug-likeness (QED) is 0.476. The van der Waals surface area contributed by atoms with E-state index in [0.29, 0.717) is 5.56 Å². The fourth-order valence-electron chi connectivity index (χ4n) is 1.74. The fourth-order valence-corrected chi connectivity index (χ4v) is 1.74. The number of nitro benzene ring substituents is 1. The van der Waals surface area contributed by atoms with E-state index < -0.39 is 4.92 Å². The molecule has 0 spiro atoms. The normalized spacial score (nSPS) is 10.1. The fraction of sp³-hybridized carbons (Fsp3) is 0.133. The Bertz CT molecular complexity index is 638. The molecule has 0 amide bonds. The predicted molar refractivity (Wildman–Crippen MR) is 74.1 cm³/mol. The maximum atomic E-state index is 11.9. The zero-order valence-corrected chi connectivity index (χ0v) is 10.9. The van der Waals surface area contributed by atoms with Gasteiger partial charge in [0.15, 0.2) is 18.1 Å². The molecule has 0 fully saturated rings. The largest absolute Gasteiger partial charge is 0.478 e. The summed E-state index contributed by atoms with van der Waals surface area (Å²) >= 11 is 0. The molecule has 0 heterocycles. The SMILES string of the molecule is Cc1ccc([N+](=O)[O-])c(OCC(=O)c2ccccc2)c1. The van der Waals surface area contributed by atoms with Gasteiger partial charge < -0.3 is 4.74 Å². The Morgan fingerprint density at radius 2 is 1.90 bits per heavy atom. The van der Waals surface area contributed by atoms with Crippen molar-refractivity contribution in [2.24, 2.45) is 0 Å². The molecule has 5 heteroatoms. The number of ether oxygens (including phenoxy) is 1. The topological polar surface area (TPSA) is 69.4 Å². The van der Waals surface area contributed by atoms with Crippen LogP contribution in [0.3, 0.4) is 0 Å². The number of Topliss-reactive ketones (excluding diaryl/α,β-unsaturated/α-hetero) is 1. The van der Waals surface area contributed by atoms with E-state index in [1.807, 2.05) is 6.07 Å². The smallest absolute Gasteiger partial charge is 0.310 e. The first-order valence-electron chi connectivity index (χ1n) is 6.04. The highest BCUT2D eigenvalue weighted by Gasteiger charge is 2.16. The summed E-state index contributed by atoms with van der Waals surface area (Å²) in [5, 5.41) is 10.9. The van der Waals surface area contributed by atoms with Gasteiger partial charge in [0.25, 0.3) is 0 Å². The minimum absolute atomic E-state index is 0.110. The van der Waals surface area contributed by atoms with Crippen LogP contribution in [0.5, 0.6) is 5.75 Å². The Morgan fingerprint density at radius 1 is 1.20 bits per heavy atom. The maximum absolute atomic E-state index is 11.9. The first-order chi connectivity index (χ1) is 9.58. The molecule has 102 valence electrons. The molecule has 2 aromatic carbocycles. The lowest BCUT2D eigenvalue weighted by Crippen LogP contribution is -2.12. The number of carbonyl (C=O) groups is 1. The third-order valence-electron chi connectivity index (χ3n) is 2.77. The molecule has 0 unspecified atom stereocenters. The van der Waals surface area contributed by atoms with Gasteiger partial charge in [-0.2, -0.15) is 0 Å². The first kappa shape index (κ1) is 13.7. The Balaban J connectivity index is 2.13. The molecule has 0 aliphatic rings. The summed E-state index contributed by atoms with van der Waals surface area (Å²) < 4.78 is 5.30. The molecule has 0 N–H and O–H groups in total. The molecule has 5 nitrogen and oxygen atoms in total. The second-order valence-corrected chi connectivity index (χ2v) is 4.31. The minimum Gasteiger partial charge on any atom is -0.478 e. The van der Waals surface area contributed by atoms with Gasteiger partial charge in [0.05, 0.1) is 4.92 Å². The molecule has 0 radical (unpaired) electrons. The summed E-state index contributed by atoms with van der Waals surface area (Å²) in [5.74, 6) is -0.110. The number of hydrogen-bond acceptors (Lipinski definition) is 4. The number of aryl methyl sites for hydroxylation is 1. The summed E-state index contributed by atoms with van der Waals surface area (Å²) in [6.45, 7) is 1.57. The van der Waals surface area contributed by atoms with Crippen molar-refractivity contribution >= 4 is 11.5 Å². The van der Waals surface area contributed by atoms with Crippen LogP contribution in [0.25, 0.3) is 0 Å². The highest BCUT2D eigenvalue weighted by Crippen LogP contribution is 2.27. The maximum Gasteiger partial charge on any atom is 0.310 e. The molecule has 0 aliphatic heterocycles. The van der Waals surface area contributed by atoms with Crippen molar-refractivity contribution in [2.75, 3.05) is 6.61 Å². The zero-order valence-electron chi connectivity index (χ0n) is 10.9. The van der Waals surface area contributed by atoms with Gasteiger partial charge in [0.2, 0.25) is 0 Å². The van der Waals surface area contributed by atoms with Crippen molar-refractivity contribution in [3.63, 3.8) is 0 Å². The molecule has 0 atom stereocenters. The van der Waals surface area contributed by atoms with Crippen molar-refractivity contribution in [2.45, 2.75) is 6.92 Å². The molecular formula is C15H13NO4. The molecule has 20 heavy (non-hydrogen) atoms. The van der Waals surface area contributed by atoms with Crippen LogP contribution in [-0.2, 0) is 0 Å². The number of rotatable bonds is 5. The van der Waals surface area contributed by atoms with E-state index in [0.717, 1.165) is 5.56 Å². The van der Waals surface area contributed by atoms with Crippen LogP contribution in [0.15, 0.2) is 48.5 Å². The van der Waals surface area contributed by atoms with Gasteiger partial charge in [-0.25, -0.2) is 0 Å². The molecular weight excluding hydrogens is 258 g/mol. The second-order valence-electron chi connectivity index (χ2n) is 4.31. The standard InChI is InChI=1S/C15H13NO4/c1-11-7-8-13(16(18)19)15(9-11)20-10-14(17)12-5-3-2-4-6-12/h2-9H,10H2,1H3. The third kappa shape index (κ3) is 3.20. The molecule has 0 saturated carbocycles. The molecule has 0 bridgehead atoms. The van der Waals surface area contributed by atoms with Gasteiger partial charge in [0, 0.05) is 11.6 Å². The van der Waals surface area contributed by atoms with Gasteiger partial charge >= 0.3 is 5.69 Å². The van der Waals surface area contributed by atoms with Crippen LogP contribution in [-0.4, -0.2) is 17.3 Å². The van der Waals surface area contributed by atoms with Crippen LogP contribution in [0.4, 0.5) is 5.69 Å². The first-order valence-corrected chi connectivity index (χ1v) is 6.04. The Morgan fingerprint density at radius 3 is 2.55 bits per heavy atom. The monoisotopic (exact) mass is 271 g/mol. The van der Waals surface area contributed by atoms with Gasteiger partial charge in [0.1, 0.15) is 0 Å². The van der Waals surface area contributed by atoms with Gasteiger partial charge in [-0.3, -0.25) is 14.9 Å². The summed E-state index contributed by atoms with van der Waals surface area (Å²) in [5.41, 5.74) is 1.21. The Kier molecular flexibility index (Phi) is 4.10. The number of benzene rings is 2. The van der Waals surface area contributed by atoms with Crippen LogP contribution >= 0.6 is 0 Å². The number of nitrogens with zero attached hydrogens (tertiary/aromatic N) is 1. The Hall–Kier alpha value is -2.69. The molecule has 0 aromatic heterocycles. The van der Waals surface area contributed by atoms with E-state index in [1.165, 1.54) is 6.07 Å². The van der Waals surface area contributed by atoms with Gasteiger partial charge in [-0.05, 0) is 18.6 Å². The van der Waals surface area contributed by atoms with E-state index >= 15 is 0 Å². The Labute approximate surface area is 116 Å². The second kappa shape index (κ2) is 5.97. The lowest BCUT2D eigenvalue weighted by molar-refractivity contribution is -0.385. The highest BCUT2D eigenvalue weighted by atomic mass is 16.6. The average Bonchev–Trinajstić information content (AvgIpc) is 2.45. The minimum atomic E-state index is -0.526. The molecule has 0 saturated heterocycles. The number of hydrogen-bond donors (Lipinski definition) is 0. The predicted octanol–water partition coefficient (Wildman–Crippen LogP) is 3.16. The average molecular weight is 271 g/mol. The molecule has 2 rings (SSSR count). The van der Waals surface area contributed by atoms with E-state index in [2.05, 4.69) is 0 Å². The van der Waals surface area contributed by atoms with Crippen molar-refractivity contribution in [1.29, 1.82) is 0 Å². The lowest BCUT2D eigenvalue weighted by Gasteiger charge is -2.07.